The highest BCUT2D eigenvalue weighted by Crippen LogP contribution is 2.05. The Morgan fingerprint density at radius 2 is 1.95 bits per heavy atom. The molecular weight excluding hydrogens is 260 g/mol. The van der Waals surface area contributed by atoms with Crippen molar-refractivity contribution in [3.8, 4) is 0 Å². The van der Waals surface area contributed by atoms with Crippen LogP contribution in [-0.2, 0) is 11.3 Å². The van der Waals surface area contributed by atoms with E-state index in [4.69, 9.17) is 4.74 Å². The summed E-state index contributed by atoms with van der Waals surface area (Å²) in [4.78, 5) is 0. The van der Waals surface area contributed by atoms with Gasteiger partial charge in [0, 0.05) is 12.6 Å². The van der Waals surface area contributed by atoms with Gasteiger partial charge in [-0.25, -0.2) is 0 Å². The van der Waals surface area contributed by atoms with Crippen molar-refractivity contribution in [1.82, 2.24) is 10.6 Å². The Morgan fingerprint density at radius 1 is 1.19 bits per heavy atom. The van der Waals surface area contributed by atoms with Gasteiger partial charge in [0.05, 0.1) is 13.2 Å². The Bertz CT molecular complexity index is 367. The molecule has 2 rings (SSSR count). The van der Waals surface area contributed by atoms with Crippen LogP contribution >= 0.6 is 0 Å². The number of ether oxygens (including phenoxy) is 1. The van der Waals surface area contributed by atoms with Crippen molar-refractivity contribution >= 4 is 0 Å². The van der Waals surface area contributed by atoms with Gasteiger partial charge in [-0.2, -0.15) is 0 Å². The topological polar surface area (TPSA) is 33.3 Å². The molecule has 2 atom stereocenters. The van der Waals surface area contributed by atoms with Gasteiger partial charge in [-0.1, -0.05) is 50.3 Å². The molecule has 1 saturated heterocycles. The lowest BCUT2D eigenvalue weighted by Gasteiger charge is -2.16. The number of rotatable bonds is 6. The maximum absolute atomic E-state index is 5.79. The van der Waals surface area contributed by atoms with E-state index in [1.54, 1.807) is 0 Å². The van der Waals surface area contributed by atoms with Crippen LogP contribution in [0.25, 0.3) is 0 Å². The Kier molecular flexibility index (Phi) is 9.79. The predicted molar refractivity (Wildman–Crippen MR) is 90.4 cm³/mol. The van der Waals surface area contributed by atoms with Crippen LogP contribution in [0.4, 0.5) is 0 Å². The molecule has 118 valence electrons. The maximum Gasteiger partial charge on any atom is 0.0717 e. The molecule has 2 unspecified atom stereocenters. The maximum atomic E-state index is 5.79. The van der Waals surface area contributed by atoms with Gasteiger partial charge in [-0.15, -0.1) is 6.58 Å². The molecule has 3 nitrogen and oxygen atoms in total. The van der Waals surface area contributed by atoms with Crippen LogP contribution in [-0.4, -0.2) is 32.3 Å². The second kappa shape index (κ2) is 11.5. The number of hydrogen-bond donors (Lipinski definition) is 2. The van der Waals surface area contributed by atoms with E-state index in [0.717, 1.165) is 32.7 Å². The van der Waals surface area contributed by atoms with Crippen molar-refractivity contribution in [2.75, 3.05) is 26.2 Å². The van der Waals surface area contributed by atoms with Crippen LogP contribution < -0.4 is 10.6 Å². The van der Waals surface area contributed by atoms with E-state index in [9.17, 15) is 0 Å². The fourth-order valence-electron chi connectivity index (χ4n) is 2.35. The van der Waals surface area contributed by atoms with E-state index in [0.29, 0.717) is 18.6 Å². The molecule has 0 bridgehead atoms. The first-order valence-corrected chi connectivity index (χ1v) is 8.05. The summed E-state index contributed by atoms with van der Waals surface area (Å²) in [5.41, 5.74) is 1.23. The first-order chi connectivity index (χ1) is 10.4. The molecule has 2 N–H and O–H groups in total. The SMILES string of the molecule is C=CCC1CNCC(COCc2ccccc2)NC1.CC. The molecule has 1 heterocycles. The van der Waals surface area contributed by atoms with Crippen molar-refractivity contribution in [1.29, 1.82) is 0 Å². The van der Waals surface area contributed by atoms with Crippen LogP contribution in [0.15, 0.2) is 43.0 Å². The van der Waals surface area contributed by atoms with Crippen molar-refractivity contribution in [2.45, 2.75) is 32.9 Å². The van der Waals surface area contributed by atoms with E-state index >= 15 is 0 Å². The van der Waals surface area contributed by atoms with Crippen LogP contribution in [0.5, 0.6) is 0 Å². The molecular formula is C18H30N2O. The van der Waals surface area contributed by atoms with E-state index in [1.165, 1.54) is 5.56 Å². The highest BCUT2D eigenvalue weighted by Gasteiger charge is 2.16. The molecule has 21 heavy (non-hydrogen) atoms. The van der Waals surface area contributed by atoms with Crippen LogP contribution in [0.3, 0.4) is 0 Å². The number of hydrogen-bond acceptors (Lipinski definition) is 3. The summed E-state index contributed by atoms with van der Waals surface area (Å²) in [6, 6.07) is 10.7. The summed E-state index contributed by atoms with van der Waals surface area (Å²) in [6.45, 7) is 12.3. The summed E-state index contributed by atoms with van der Waals surface area (Å²) < 4.78 is 5.79. The summed E-state index contributed by atoms with van der Waals surface area (Å²) in [5, 5.41) is 7.06. The van der Waals surface area contributed by atoms with Crippen molar-refractivity contribution in [3.05, 3.63) is 48.6 Å². The second-order valence-corrected chi connectivity index (χ2v) is 5.15. The molecule has 1 aliphatic heterocycles. The first-order valence-electron chi connectivity index (χ1n) is 8.05. The minimum atomic E-state index is 0.401. The molecule has 0 spiro atoms. The molecule has 0 amide bonds. The smallest absolute Gasteiger partial charge is 0.0717 e. The molecule has 0 radical (unpaired) electrons. The highest BCUT2D eigenvalue weighted by molar-refractivity contribution is 5.13. The van der Waals surface area contributed by atoms with Gasteiger partial charge in [-0.3, -0.25) is 0 Å². The lowest BCUT2D eigenvalue weighted by molar-refractivity contribution is 0.0998. The standard InChI is InChI=1S/C16H24N2O.C2H6/c1-2-6-15-9-17-11-16(18-10-15)13-19-12-14-7-4-3-5-8-14;1-2/h2-5,7-8,15-18H,1,6,9-13H2;1-2H3. The summed E-state index contributed by atoms with van der Waals surface area (Å²) in [6.07, 6.45) is 3.07. The Balaban J connectivity index is 0.00000106. The van der Waals surface area contributed by atoms with Gasteiger partial charge < -0.3 is 15.4 Å². The third-order valence-electron chi connectivity index (χ3n) is 3.45. The fourth-order valence-corrected chi connectivity index (χ4v) is 2.35. The van der Waals surface area contributed by atoms with Gasteiger partial charge in [0.2, 0.25) is 0 Å². The largest absolute Gasteiger partial charge is 0.375 e. The van der Waals surface area contributed by atoms with Crippen LogP contribution in [0.2, 0.25) is 0 Å². The summed E-state index contributed by atoms with van der Waals surface area (Å²) in [5.74, 6) is 0.650. The minimum absolute atomic E-state index is 0.401. The Labute approximate surface area is 129 Å². The van der Waals surface area contributed by atoms with E-state index in [1.807, 2.05) is 38.1 Å². The first kappa shape index (κ1) is 17.9. The predicted octanol–water partition coefficient (Wildman–Crippen LogP) is 2.98. The van der Waals surface area contributed by atoms with E-state index in [-0.39, 0.29) is 0 Å². The number of benzene rings is 1. The monoisotopic (exact) mass is 290 g/mol. The fraction of sp³-hybridized carbons (Fsp3) is 0.556. The van der Waals surface area contributed by atoms with Crippen molar-refractivity contribution in [3.63, 3.8) is 0 Å². The van der Waals surface area contributed by atoms with Gasteiger partial charge in [0.1, 0.15) is 0 Å². The lowest BCUT2D eigenvalue weighted by atomic mass is 10.1. The molecule has 1 aliphatic rings. The molecule has 0 aromatic heterocycles. The van der Waals surface area contributed by atoms with Crippen LogP contribution in [0.1, 0.15) is 25.8 Å². The number of allylic oxidation sites excluding steroid dienone is 1. The van der Waals surface area contributed by atoms with Crippen molar-refractivity contribution < 1.29 is 4.74 Å². The number of nitrogens with one attached hydrogen (secondary N) is 2. The van der Waals surface area contributed by atoms with E-state index in [2.05, 4.69) is 29.3 Å². The van der Waals surface area contributed by atoms with Crippen LogP contribution in [0, 0.1) is 5.92 Å². The Morgan fingerprint density at radius 3 is 2.67 bits per heavy atom. The molecule has 1 aromatic carbocycles. The molecule has 1 aromatic rings. The third kappa shape index (κ3) is 7.42. The lowest BCUT2D eigenvalue weighted by Crippen LogP contribution is -2.39. The zero-order valence-electron chi connectivity index (χ0n) is 13.5. The average Bonchev–Trinajstić information content (AvgIpc) is 2.76. The molecule has 1 fully saturated rings. The highest BCUT2D eigenvalue weighted by atomic mass is 16.5. The third-order valence-corrected chi connectivity index (χ3v) is 3.45. The summed E-state index contributed by atoms with van der Waals surface area (Å²) in [7, 11) is 0. The summed E-state index contributed by atoms with van der Waals surface area (Å²) >= 11 is 0. The minimum Gasteiger partial charge on any atom is -0.375 e. The van der Waals surface area contributed by atoms with Gasteiger partial charge in [-0.05, 0) is 31.0 Å². The average molecular weight is 290 g/mol. The van der Waals surface area contributed by atoms with Crippen molar-refractivity contribution in [2.24, 2.45) is 5.92 Å². The molecule has 3 heteroatoms. The van der Waals surface area contributed by atoms with E-state index < -0.39 is 0 Å². The normalized spacial score (nSPS) is 21.8. The van der Waals surface area contributed by atoms with Gasteiger partial charge in [0.25, 0.3) is 0 Å². The molecule has 0 saturated carbocycles. The van der Waals surface area contributed by atoms with Gasteiger partial charge in [0.15, 0.2) is 0 Å². The Hall–Kier alpha value is -1.16. The quantitative estimate of drug-likeness (QED) is 0.790. The zero-order chi connectivity index (χ0) is 15.3. The zero-order valence-corrected chi connectivity index (χ0v) is 13.5. The van der Waals surface area contributed by atoms with Gasteiger partial charge >= 0.3 is 0 Å². The second-order valence-electron chi connectivity index (χ2n) is 5.15. The molecule has 0 aliphatic carbocycles.